The van der Waals surface area contributed by atoms with Gasteiger partial charge in [0.2, 0.25) is 0 Å². The minimum Gasteiger partial charge on any atom is -0.359 e. The number of nitrogens with one attached hydrogen (secondary N) is 2. The van der Waals surface area contributed by atoms with E-state index in [1.54, 1.807) is 0 Å². The van der Waals surface area contributed by atoms with Crippen LogP contribution in [0.5, 0.6) is 0 Å². The van der Waals surface area contributed by atoms with Gasteiger partial charge < -0.3 is 14.5 Å². The van der Waals surface area contributed by atoms with Gasteiger partial charge in [0, 0.05) is 32.2 Å². The van der Waals surface area contributed by atoms with Crippen molar-refractivity contribution >= 4 is 5.96 Å². The summed E-state index contributed by atoms with van der Waals surface area (Å²) >= 11 is 0. The van der Waals surface area contributed by atoms with Crippen molar-refractivity contribution in [1.82, 2.24) is 25.3 Å². The standard InChI is InChI=1S/C31H49FN6O/c1-36(30-33-18-15-29(35-30)39-22-24-7-3-2-4-8-24)26-16-19-37(20-17-26)31-34-27-9-5-6-10-28(27)38(31)21-23-11-13-25(32)14-12-23/h2-4,7-8,23,25-30,33,35H,5-6,9-22H2,1H3. The van der Waals surface area contributed by atoms with Gasteiger partial charge in [-0.1, -0.05) is 43.2 Å². The van der Waals surface area contributed by atoms with E-state index in [1.807, 2.05) is 6.07 Å². The van der Waals surface area contributed by atoms with E-state index in [4.69, 9.17) is 9.73 Å². The highest BCUT2D eigenvalue weighted by Crippen LogP contribution is 2.35. The molecule has 1 aromatic carbocycles. The van der Waals surface area contributed by atoms with Crippen LogP contribution in [0.1, 0.15) is 76.2 Å². The second-order valence-corrected chi connectivity index (χ2v) is 12.6. The van der Waals surface area contributed by atoms with Gasteiger partial charge in [-0.05, 0) is 76.3 Å². The number of rotatable bonds is 7. The maximum Gasteiger partial charge on any atom is 0.197 e. The molecule has 4 unspecified atom stereocenters. The second-order valence-electron chi connectivity index (χ2n) is 12.6. The zero-order valence-electron chi connectivity index (χ0n) is 23.8. The van der Waals surface area contributed by atoms with Gasteiger partial charge in [-0.2, -0.15) is 0 Å². The molecular formula is C31H49FN6O. The Bertz CT molecular complexity index is 932. The Hall–Kier alpha value is -1.74. The fraction of sp³-hybridized carbons (Fsp3) is 0.774. The first-order valence-corrected chi connectivity index (χ1v) is 15.7. The van der Waals surface area contributed by atoms with Crippen LogP contribution in [0.15, 0.2) is 35.3 Å². The maximum atomic E-state index is 13.8. The number of piperidine rings is 1. The van der Waals surface area contributed by atoms with E-state index in [0.717, 1.165) is 71.1 Å². The highest BCUT2D eigenvalue weighted by molar-refractivity contribution is 5.83. The molecule has 39 heavy (non-hydrogen) atoms. The van der Waals surface area contributed by atoms with Crippen LogP contribution in [0.25, 0.3) is 0 Å². The Balaban J connectivity index is 1.02. The molecule has 0 aromatic heterocycles. The molecule has 2 saturated heterocycles. The number of nitrogens with zero attached hydrogens (tertiary/aromatic N) is 4. The summed E-state index contributed by atoms with van der Waals surface area (Å²) in [6.45, 7) is 4.79. The molecular weight excluding hydrogens is 491 g/mol. The maximum absolute atomic E-state index is 13.8. The van der Waals surface area contributed by atoms with Crippen LogP contribution in [0, 0.1) is 5.92 Å². The van der Waals surface area contributed by atoms with Crippen molar-refractivity contribution in [2.45, 2.75) is 114 Å². The molecule has 0 amide bonds. The average molecular weight is 541 g/mol. The van der Waals surface area contributed by atoms with Crippen LogP contribution in [-0.4, -0.2) is 90.7 Å². The number of guanidine groups is 1. The van der Waals surface area contributed by atoms with Crippen LogP contribution in [-0.2, 0) is 11.3 Å². The van der Waals surface area contributed by atoms with Crippen molar-refractivity contribution in [1.29, 1.82) is 0 Å². The van der Waals surface area contributed by atoms with Crippen molar-refractivity contribution in [2.24, 2.45) is 10.9 Å². The van der Waals surface area contributed by atoms with E-state index < -0.39 is 6.17 Å². The Kier molecular flexibility index (Phi) is 9.03. The molecule has 0 radical (unpaired) electrons. The zero-order valence-corrected chi connectivity index (χ0v) is 23.8. The Morgan fingerprint density at radius 3 is 2.54 bits per heavy atom. The molecule has 5 aliphatic rings. The van der Waals surface area contributed by atoms with Crippen molar-refractivity contribution in [3.63, 3.8) is 0 Å². The fourth-order valence-corrected chi connectivity index (χ4v) is 7.56. The molecule has 2 aliphatic carbocycles. The lowest BCUT2D eigenvalue weighted by atomic mass is 9.86. The molecule has 8 heteroatoms. The molecule has 0 spiro atoms. The van der Waals surface area contributed by atoms with E-state index in [9.17, 15) is 4.39 Å². The fourth-order valence-electron chi connectivity index (χ4n) is 7.56. The summed E-state index contributed by atoms with van der Waals surface area (Å²) in [6, 6.07) is 12.0. The highest BCUT2D eigenvalue weighted by Gasteiger charge is 2.42. The number of ether oxygens (including phenoxy) is 1. The summed E-state index contributed by atoms with van der Waals surface area (Å²) in [5.74, 6) is 1.88. The first-order chi connectivity index (χ1) is 19.1. The third-order valence-corrected chi connectivity index (χ3v) is 9.98. The average Bonchev–Trinajstić information content (AvgIpc) is 3.36. The van der Waals surface area contributed by atoms with Gasteiger partial charge in [-0.3, -0.25) is 15.5 Å². The molecule has 4 fully saturated rings. The van der Waals surface area contributed by atoms with Gasteiger partial charge in [0.15, 0.2) is 5.96 Å². The Morgan fingerprint density at radius 1 is 0.974 bits per heavy atom. The number of likely N-dealkylation sites (tertiary alicyclic amines) is 1. The molecule has 2 saturated carbocycles. The van der Waals surface area contributed by atoms with Crippen LogP contribution in [0.3, 0.4) is 0 Å². The normalized spacial score (nSPS) is 34.3. The third kappa shape index (κ3) is 6.61. The van der Waals surface area contributed by atoms with E-state index in [0.29, 0.717) is 30.7 Å². The summed E-state index contributed by atoms with van der Waals surface area (Å²) in [4.78, 5) is 13.1. The smallest absolute Gasteiger partial charge is 0.197 e. The lowest BCUT2D eigenvalue weighted by Gasteiger charge is -2.45. The number of halogens is 1. The minimum atomic E-state index is -0.578. The molecule has 1 aromatic rings. The second kappa shape index (κ2) is 12.8. The van der Waals surface area contributed by atoms with Gasteiger partial charge >= 0.3 is 0 Å². The summed E-state index contributed by atoms with van der Waals surface area (Å²) in [5.41, 5.74) is 1.22. The summed E-state index contributed by atoms with van der Waals surface area (Å²) in [5, 5.41) is 7.36. The number of hydrogen-bond acceptors (Lipinski definition) is 7. The van der Waals surface area contributed by atoms with Crippen LogP contribution >= 0.6 is 0 Å². The van der Waals surface area contributed by atoms with Gasteiger partial charge in [0.25, 0.3) is 0 Å². The lowest BCUT2D eigenvalue weighted by molar-refractivity contribution is -0.0483. The first kappa shape index (κ1) is 27.4. The highest BCUT2D eigenvalue weighted by atomic mass is 19.1. The van der Waals surface area contributed by atoms with E-state index in [2.05, 4.69) is 56.6 Å². The minimum absolute atomic E-state index is 0.0659. The van der Waals surface area contributed by atoms with Crippen molar-refractivity contribution < 1.29 is 9.13 Å². The predicted molar refractivity (Wildman–Crippen MR) is 154 cm³/mol. The van der Waals surface area contributed by atoms with E-state index in [-0.39, 0.29) is 12.5 Å². The van der Waals surface area contributed by atoms with Gasteiger partial charge in [0.05, 0.1) is 18.7 Å². The first-order valence-electron chi connectivity index (χ1n) is 15.7. The molecule has 4 atom stereocenters. The number of fused-ring (bicyclic) bond motifs is 1. The lowest BCUT2D eigenvalue weighted by Crippen LogP contribution is -2.64. The van der Waals surface area contributed by atoms with E-state index >= 15 is 0 Å². The van der Waals surface area contributed by atoms with Crippen LogP contribution in [0.4, 0.5) is 4.39 Å². The van der Waals surface area contributed by atoms with Crippen molar-refractivity contribution in [3.8, 4) is 0 Å². The van der Waals surface area contributed by atoms with E-state index in [1.165, 1.54) is 37.2 Å². The monoisotopic (exact) mass is 540 g/mol. The quantitative estimate of drug-likeness (QED) is 0.538. The number of aliphatic imine (C=N–C) groups is 1. The largest absolute Gasteiger partial charge is 0.359 e. The molecule has 3 aliphatic heterocycles. The number of alkyl halides is 1. The molecule has 216 valence electrons. The molecule has 7 nitrogen and oxygen atoms in total. The Morgan fingerprint density at radius 2 is 1.74 bits per heavy atom. The summed E-state index contributed by atoms with van der Waals surface area (Å²) in [7, 11) is 2.25. The number of benzene rings is 1. The van der Waals surface area contributed by atoms with Gasteiger partial charge in [-0.25, -0.2) is 9.38 Å². The van der Waals surface area contributed by atoms with Crippen molar-refractivity contribution in [2.75, 3.05) is 33.2 Å². The molecule has 0 bridgehead atoms. The zero-order chi connectivity index (χ0) is 26.6. The van der Waals surface area contributed by atoms with Crippen molar-refractivity contribution in [3.05, 3.63) is 35.9 Å². The van der Waals surface area contributed by atoms with Gasteiger partial charge in [0.1, 0.15) is 18.7 Å². The summed E-state index contributed by atoms with van der Waals surface area (Å²) in [6.07, 6.45) is 11.6. The predicted octanol–water partition coefficient (Wildman–Crippen LogP) is 4.30. The van der Waals surface area contributed by atoms with Gasteiger partial charge in [-0.15, -0.1) is 0 Å². The van der Waals surface area contributed by atoms with Crippen LogP contribution < -0.4 is 10.6 Å². The van der Waals surface area contributed by atoms with Crippen LogP contribution in [0.2, 0.25) is 0 Å². The molecule has 3 heterocycles. The number of hydrogen-bond donors (Lipinski definition) is 2. The topological polar surface area (TPSA) is 55.4 Å². The summed E-state index contributed by atoms with van der Waals surface area (Å²) < 4.78 is 20.0. The molecule has 6 rings (SSSR count). The molecule has 2 N–H and O–H groups in total. The Labute approximate surface area is 234 Å². The SMILES string of the molecule is CN(C1CCN(C2=NC3CCCCC3N2CC2CCC(F)CC2)CC1)C1NCCC(OCc2ccccc2)N1. The third-order valence-electron chi connectivity index (χ3n) is 9.98.